The van der Waals surface area contributed by atoms with Crippen molar-refractivity contribution in [3.05, 3.63) is 42.1 Å². The standard InChI is InChI=1S/C19H25N3O2/c1-13(2)12-24-19-20-10-9-18(22-19)17-7-5-16(6-8-17)11-14(3)21-15(4)23/h5-10,13-14H,11-12H2,1-4H3,(H,21,23). The summed E-state index contributed by atoms with van der Waals surface area (Å²) in [5.74, 6) is 0.427. The minimum absolute atomic E-state index is 0.00553. The summed E-state index contributed by atoms with van der Waals surface area (Å²) in [5, 5.41) is 2.89. The lowest BCUT2D eigenvalue weighted by molar-refractivity contribution is -0.119. The highest BCUT2D eigenvalue weighted by atomic mass is 16.5. The molecule has 1 aromatic heterocycles. The number of aromatic nitrogens is 2. The van der Waals surface area contributed by atoms with Crippen LogP contribution in [0.15, 0.2) is 36.5 Å². The first kappa shape index (κ1) is 17.9. The molecule has 0 saturated heterocycles. The zero-order valence-electron chi connectivity index (χ0n) is 14.7. The number of ether oxygens (including phenoxy) is 1. The maximum atomic E-state index is 11.1. The number of amides is 1. The molecule has 128 valence electrons. The second-order valence-corrected chi connectivity index (χ2v) is 6.43. The number of carbonyl (C=O) groups excluding carboxylic acids is 1. The quantitative estimate of drug-likeness (QED) is 0.848. The van der Waals surface area contributed by atoms with Gasteiger partial charge in [-0.15, -0.1) is 0 Å². The van der Waals surface area contributed by atoms with Gasteiger partial charge in [-0.05, 0) is 30.9 Å². The van der Waals surface area contributed by atoms with E-state index in [-0.39, 0.29) is 11.9 Å². The molecule has 5 nitrogen and oxygen atoms in total. The van der Waals surface area contributed by atoms with Crippen LogP contribution in [0.1, 0.15) is 33.3 Å². The van der Waals surface area contributed by atoms with E-state index in [2.05, 4.69) is 41.3 Å². The van der Waals surface area contributed by atoms with Gasteiger partial charge in [0.25, 0.3) is 0 Å². The molecule has 0 saturated carbocycles. The second kappa shape index (κ2) is 8.43. The average molecular weight is 327 g/mol. The number of hydrogen-bond acceptors (Lipinski definition) is 4. The van der Waals surface area contributed by atoms with E-state index in [1.807, 2.05) is 25.1 Å². The Hall–Kier alpha value is -2.43. The first-order valence-electron chi connectivity index (χ1n) is 8.26. The molecular weight excluding hydrogens is 302 g/mol. The van der Waals surface area contributed by atoms with Gasteiger partial charge in [-0.3, -0.25) is 4.79 Å². The molecule has 5 heteroatoms. The monoisotopic (exact) mass is 327 g/mol. The third kappa shape index (κ3) is 5.65. The van der Waals surface area contributed by atoms with Gasteiger partial charge in [0.15, 0.2) is 0 Å². The van der Waals surface area contributed by atoms with Crippen molar-refractivity contribution in [1.82, 2.24) is 15.3 Å². The normalized spacial score (nSPS) is 12.0. The summed E-state index contributed by atoms with van der Waals surface area (Å²) < 4.78 is 5.58. The molecule has 1 N–H and O–H groups in total. The van der Waals surface area contributed by atoms with Crippen molar-refractivity contribution in [1.29, 1.82) is 0 Å². The Kier molecular flexibility index (Phi) is 6.29. The lowest BCUT2D eigenvalue weighted by Gasteiger charge is -2.12. The van der Waals surface area contributed by atoms with E-state index in [4.69, 9.17) is 4.74 Å². The van der Waals surface area contributed by atoms with E-state index in [9.17, 15) is 4.79 Å². The van der Waals surface area contributed by atoms with Crippen molar-refractivity contribution in [2.24, 2.45) is 5.92 Å². The molecule has 2 rings (SSSR count). The third-order valence-corrected chi connectivity index (χ3v) is 3.42. The molecule has 1 amide bonds. The Labute approximate surface area is 143 Å². The Morgan fingerprint density at radius 2 is 1.88 bits per heavy atom. The van der Waals surface area contributed by atoms with Gasteiger partial charge in [0, 0.05) is 24.7 Å². The van der Waals surface area contributed by atoms with Gasteiger partial charge in [-0.1, -0.05) is 38.1 Å². The molecule has 0 radical (unpaired) electrons. The smallest absolute Gasteiger partial charge is 0.316 e. The Morgan fingerprint density at radius 1 is 1.17 bits per heavy atom. The van der Waals surface area contributed by atoms with Gasteiger partial charge in [0.1, 0.15) is 0 Å². The largest absolute Gasteiger partial charge is 0.463 e. The number of hydrogen-bond donors (Lipinski definition) is 1. The molecule has 1 unspecified atom stereocenters. The molecule has 0 aliphatic heterocycles. The fourth-order valence-corrected chi connectivity index (χ4v) is 2.38. The van der Waals surface area contributed by atoms with Crippen LogP contribution in [0.5, 0.6) is 6.01 Å². The maximum absolute atomic E-state index is 11.1. The second-order valence-electron chi connectivity index (χ2n) is 6.43. The zero-order valence-corrected chi connectivity index (χ0v) is 14.7. The van der Waals surface area contributed by atoms with E-state index in [0.717, 1.165) is 17.7 Å². The highest BCUT2D eigenvalue weighted by Crippen LogP contribution is 2.19. The Morgan fingerprint density at radius 3 is 2.50 bits per heavy atom. The van der Waals surface area contributed by atoms with Crippen LogP contribution in [0, 0.1) is 5.92 Å². The van der Waals surface area contributed by atoms with Gasteiger partial charge >= 0.3 is 6.01 Å². The van der Waals surface area contributed by atoms with E-state index in [1.165, 1.54) is 12.5 Å². The first-order chi connectivity index (χ1) is 11.4. The summed E-state index contributed by atoms with van der Waals surface area (Å²) in [5.41, 5.74) is 3.03. The molecule has 0 fully saturated rings. The van der Waals surface area contributed by atoms with Crippen molar-refractivity contribution >= 4 is 5.91 Å². The van der Waals surface area contributed by atoms with Gasteiger partial charge in [0.05, 0.1) is 12.3 Å². The fourth-order valence-electron chi connectivity index (χ4n) is 2.38. The minimum Gasteiger partial charge on any atom is -0.463 e. The highest BCUT2D eigenvalue weighted by molar-refractivity contribution is 5.73. The lowest BCUT2D eigenvalue weighted by Crippen LogP contribution is -2.31. The van der Waals surface area contributed by atoms with E-state index in [1.54, 1.807) is 6.20 Å². The van der Waals surface area contributed by atoms with Crippen LogP contribution in [0.3, 0.4) is 0 Å². The molecule has 1 atom stereocenters. The number of nitrogens with zero attached hydrogens (tertiary/aromatic N) is 2. The summed E-state index contributed by atoms with van der Waals surface area (Å²) in [4.78, 5) is 19.7. The molecule has 24 heavy (non-hydrogen) atoms. The summed E-state index contributed by atoms with van der Waals surface area (Å²) in [7, 11) is 0. The van der Waals surface area contributed by atoms with Crippen LogP contribution in [-0.2, 0) is 11.2 Å². The number of carbonyl (C=O) groups is 1. The maximum Gasteiger partial charge on any atom is 0.316 e. The summed E-state index contributed by atoms with van der Waals surface area (Å²) in [6.45, 7) is 8.31. The summed E-state index contributed by atoms with van der Waals surface area (Å²) in [6, 6.07) is 10.6. The van der Waals surface area contributed by atoms with Crippen LogP contribution in [0.25, 0.3) is 11.3 Å². The molecular formula is C19H25N3O2. The average Bonchev–Trinajstić information content (AvgIpc) is 2.53. The topological polar surface area (TPSA) is 64.1 Å². The van der Waals surface area contributed by atoms with E-state index >= 15 is 0 Å². The van der Waals surface area contributed by atoms with Crippen molar-refractivity contribution in [3.63, 3.8) is 0 Å². The number of rotatable bonds is 7. The number of benzene rings is 1. The predicted molar refractivity (Wildman–Crippen MR) is 94.8 cm³/mol. The van der Waals surface area contributed by atoms with E-state index in [0.29, 0.717) is 18.5 Å². The molecule has 0 aliphatic carbocycles. The molecule has 1 heterocycles. The molecule has 1 aromatic carbocycles. The van der Waals surface area contributed by atoms with Crippen LogP contribution >= 0.6 is 0 Å². The predicted octanol–water partition coefficient (Wildman–Crippen LogP) is 3.25. The minimum atomic E-state index is -0.00553. The van der Waals surface area contributed by atoms with Crippen molar-refractivity contribution in [3.8, 4) is 17.3 Å². The Bertz CT molecular complexity index is 669. The highest BCUT2D eigenvalue weighted by Gasteiger charge is 2.07. The molecule has 0 spiro atoms. The van der Waals surface area contributed by atoms with Crippen LogP contribution < -0.4 is 10.1 Å². The van der Waals surface area contributed by atoms with Crippen molar-refractivity contribution in [2.75, 3.05) is 6.61 Å². The van der Waals surface area contributed by atoms with Crippen LogP contribution in [-0.4, -0.2) is 28.5 Å². The van der Waals surface area contributed by atoms with Gasteiger partial charge < -0.3 is 10.1 Å². The fraction of sp³-hybridized carbons (Fsp3) is 0.421. The lowest BCUT2D eigenvalue weighted by atomic mass is 10.0. The Balaban J connectivity index is 2.05. The van der Waals surface area contributed by atoms with Crippen molar-refractivity contribution in [2.45, 2.75) is 40.2 Å². The van der Waals surface area contributed by atoms with Gasteiger partial charge in [-0.2, -0.15) is 4.98 Å². The van der Waals surface area contributed by atoms with Crippen LogP contribution in [0.2, 0.25) is 0 Å². The molecule has 0 aliphatic rings. The molecule has 0 bridgehead atoms. The third-order valence-electron chi connectivity index (χ3n) is 3.42. The number of nitrogens with one attached hydrogen (secondary N) is 1. The van der Waals surface area contributed by atoms with Gasteiger partial charge in [0.2, 0.25) is 5.91 Å². The summed E-state index contributed by atoms with van der Waals surface area (Å²) in [6.07, 6.45) is 2.51. The van der Waals surface area contributed by atoms with Crippen molar-refractivity contribution < 1.29 is 9.53 Å². The summed E-state index contributed by atoms with van der Waals surface area (Å²) >= 11 is 0. The van der Waals surface area contributed by atoms with E-state index < -0.39 is 0 Å². The van der Waals surface area contributed by atoms with Crippen LogP contribution in [0.4, 0.5) is 0 Å². The zero-order chi connectivity index (χ0) is 17.5. The SMILES string of the molecule is CC(=O)NC(C)Cc1ccc(-c2ccnc(OCC(C)C)n2)cc1. The molecule has 2 aromatic rings. The van der Waals surface area contributed by atoms with Gasteiger partial charge in [-0.25, -0.2) is 4.98 Å². The first-order valence-corrected chi connectivity index (χ1v) is 8.26.